The molecule has 1 N–H and O–H groups in total. The molecular weight excluding hydrogens is 252 g/mol. The van der Waals surface area contributed by atoms with Crippen molar-refractivity contribution in [3.8, 4) is 0 Å². The monoisotopic (exact) mass is 282 g/mol. The Balaban J connectivity index is 1.88. The lowest BCUT2D eigenvalue weighted by atomic mass is 9.78. The van der Waals surface area contributed by atoms with Crippen LogP contribution in [0.2, 0.25) is 0 Å². The average Bonchev–Trinajstić information content (AvgIpc) is 2.93. The molecule has 116 valence electrons. The molecule has 0 saturated carbocycles. The molecule has 0 aliphatic carbocycles. The summed E-state index contributed by atoms with van der Waals surface area (Å²) in [6.07, 6.45) is 4.57. The molecule has 2 rings (SSSR count). The van der Waals surface area contributed by atoms with Crippen LogP contribution in [0, 0.1) is 11.3 Å². The summed E-state index contributed by atoms with van der Waals surface area (Å²) < 4.78 is 5.53. The van der Waals surface area contributed by atoms with Crippen LogP contribution in [0.25, 0.3) is 0 Å². The summed E-state index contributed by atoms with van der Waals surface area (Å²) in [5.74, 6) is 0.321. The van der Waals surface area contributed by atoms with Crippen LogP contribution >= 0.6 is 0 Å². The molecule has 0 aromatic carbocycles. The Kier molecular flexibility index (Phi) is 5.44. The van der Waals surface area contributed by atoms with E-state index in [0.717, 1.165) is 38.9 Å². The molecule has 20 heavy (non-hydrogen) atoms. The van der Waals surface area contributed by atoms with E-state index in [1.165, 1.54) is 6.42 Å². The van der Waals surface area contributed by atoms with Gasteiger partial charge in [0.05, 0.1) is 19.1 Å². The number of likely N-dealkylation sites (tertiary alicyclic amines) is 1. The Hall–Kier alpha value is -0.610. The third-order valence-corrected chi connectivity index (χ3v) is 5.19. The zero-order chi connectivity index (χ0) is 14.6. The van der Waals surface area contributed by atoms with Crippen LogP contribution in [0.4, 0.5) is 0 Å². The van der Waals surface area contributed by atoms with Crippen molar-refractivity contribution in [2.75, 3.05) is 32.8 Å². The van der Waals surface area contributed by atoms with Crippen LogP contribution in [0.3, 0.4) is 0 Å². The smallest absolute Gasteiger partial charge is 0.229 e. The molecule has 0 aromatic heterocycles. The van der Waals surface area contributed by atoms with Gasteiger partial charge in [-0.2, -0.15) is 0 Å². The highest BCUT2D eigenvalue weighted by Crippen LogP contribution is 2.34. The van der Waals surface area contributed by atoms with E-state index in [-0.39, 0.29) is 12.0 Å². The number of carbonyl (C=O) groups excluding carboxylic acids is 1. The Morgan fingerprint density at radius 1 is 1.30 bits per heavy atom. The van der Waals surface area contributed by atoms with Crippen molar-refractivity contribution in [2.24, 2.45) is 11.3 Å². The van der Waals surface area contributed by atoms with Crippen LogP contribution < -0.4 is 5.32 Å². The van der Waals surface area contributed by atoms with Crippen molar-refractivity contribution >= 4 is 5.91 Å². The second-order valence-corrected chi connectivity index (χ2v) is 6.69. The van der Waals surface area contributed by atoms with Gasteiger partial charge in [0.2, 0.25) is 5.91 Å². The number of hydrogen-bond donors (Lipinski definition) is 1. The first kappa shape index (κ1) is 15.8. The van der Waals surface area contributed by atoms with E-state index in [9.17, 15) is 4.79 Å². The highest BCUT2D eigenvalue weighted by Gasteiger charge is 2.38. The molecule has 2 aliphatic heterocycles. The second-order valence-electron chi connectivity index (χ2n) is 6.69. The summed E-state index contributed by atoms with van der Waals surface area (Å²) in [6, 6.07) is 0.210. The average molecular weight is 282 g/mol. The van der Waals surface area contributed by atoms with Gasteiger partial charge in [0.15, 0.2) is 0 Å². The minimum Gasteiger partial charge on any atom is -0.379 e. The Bertz CT molecular complexity index is 324. The molecule has 2 atom stereocenters. The zero-order valence-electron chi connectivity index (χ0n) is 13.3. The molecule has 2 saturated heterocycles. The van der Waals surface area contributed by atoms with Gasteiger partial charge in [-0.05, 0) is 31.2 Å². The van der Waals surface area contributed by atoms with Crippen molar-refractivity contribution in [1.29, 1.82) is 0 Å². The van der Waals surface area contributed by atoms with Gasteiger partial charge in [0.1, 0.15) is 0 Å². The first-order valence-corrected chi connectivity index (χ1v) is 8.19. The van der Waals surface area contributed by atoms with Crippen molar-refractivity contribution in [3.05, 3.63) is 0 Å². The number of ether oxygens (including phenoxy) is 1. The Labute approximate surface area is 123 Å². The standard InChI is InChI=1S/C16H30N2O2/c1-4-8-17-14-12-20-11-13(14)15(19)18-9-6-16(3,5-2)7-10-18/h13-14,17H,4-12H2,1-3H3. The summed E-state index contributed by atoms with van der Waals surface area (Å²) in [4.78, 5) is 14.7. The molecule has 2 aliphatic rings. The highest BCUT2D eigenvalue weighted by molar-refractivity contribution is 5.80. The van der Waals surface area contributed by atoms with Crippen LogP contribution in [0.1, 0.15) is 46.5 Å². The fourth-order valence-corrected chi connectivity index (χ4v) is 3.18. The summed E-state index contributed by atoms with van der Waals surface area (Å²) in [5, 5.41) is 3.46. The van der Waals surface area contributed by atoms with Gasteiger partial charge in [-0.1, -0.05) is 27.2 Å². The van der Waals surface area contributed by atoms with Crippen molar-refractivity contribution < 1.29 is 9.53 Å². The predicted octanol–water partition coefficient (Wildman–Crippen LogP) is 2.04. The summed E-state index contributed by atoms with van der Waals surface area (Å²) >= 11 is 0. The van der Waals surface area contributed by atoms with E-state index >= 15 is 0 Å². The van der Waals surface area contributed by atoms with E-state index < -0.39 is 0 Å². The second kappa shape index (κ2) is 6.90. The van der Waals surface area contributed by atoms with Gasteiger partial charge >= 0.3 is 0 Å². The molecule has 0 aromatic rings. The van der Waals surface area contributed by atoms with E-state index in [1.807, 2.05) is 0 Å². The summed E-state index contributed by atoms with van der Waals surface area (Å²) in [7, 11) is 0. The number of nitrogens with one attached hydrogen (secondary N) is 1. The molecule has 4 nitrogen and oxygen atoms in total. The van der Waals surface area contributed by atoms with Crippen molar-refractivity contribution in [1.82, 2.24) is 10.2 Å². The normalized spacial score (nSPS) is 29.6. The molecule has 0 spiro atoms. The number of hydrogen-bond acceptors (Lipinski definition) is 3. The van der Waals surface area contributed by atoms with Crippen LogP contribution in [0.15, 0.2) is 0 Å². The van der Waals surface area contributed by atoms with Gasteiger partial charge < -0.3 is 15.0 Å². The molecule has 2 fully saturated rings. The van der Waals surface area contributed by atoms with E-state index in [1.54, 1.807) is 0 Å². The lowest BCUT2D eigenvalue weighted by Crippen LogP contribution is -2.49. The van der Waals surface area contributed by atoms with E-state index in [0.29, 0.717) is 24.5 Å². The Morgan fingerprint density at radius 2 is 2.00 bits per heavy atom. The molecule has 0 bridgehead atoms. The maximum atomic E-state index is 12.7. The predicted molar refractivity (Wildman–Crippen MR) is 80.6 cm³/mol. The third-order valence-electron chi connectivity index (χ3n) is 5.19. The fourth-order valence-electron chi connectivity index (χ4n) is 3.18. The molecule has 1 amide bonds. The largest absolute Gasteiger partial charge is 0.379 e. The molecule has 0 radical (unpaired) electrons. The van der Waals surface area contributed by atoms with Crippen LogP contribution in [0.5, 0.6) is 0 Å². The number of amides is 1. The number of nitrogens with zero attached hydrogens (tertiary/aromatic N) is 1. The molecular formula is C16H30N2O2. The van der Waals surface area contributed by atoms with Crippen molar-refractivity contribution in [2.45, 2.75) is 52.5 Å². The minimum absolute atomic E-state index is 0.0209. The summed E-state index contributed by atoms with van der Waals surface area (Å²) in [5.41, 5.74) is 0.433. The lowest BCUT2D eigenvalue weighted by Gasteiger charge is -2.40. The van der Waals surface area contributed by atoms with Crippen LogP contribution in [-0.4, -0.2) is 49.7 Å². The van der Waals surface area contributed by atoms with Crippen LogP contribution in [-0.2, 0) is 9.53 Å². The first-order chi connectivity index (χ1) is 9.59. The topological polar surface area (TPSA) is 41.6 Å². The number of piperidine rings is 1. The SMILES string of the molecule is CCCNC1COCC1C(=O)N1CCC(C)(CC)CC1. The Morgan fingerprint density at radius 3 is 2.60 bits per heavy atom. The van der Waals surface area contributed by atoms with Gasteiger partial charge in [-0.25, -0.2) is 0 Å². The van der Waals surface area contributed by atoms with Crippen molar-refractivity contribution in [3.63, 3.8) is 0 Å². The van der Waals surface area contributed by atoms with Gasteiger partial charge in [-0.15, -0.1) is 0 Å². The molecule has 4 heteroatoms. The number of rotatable bonds is 5. The molecule has 2 unspecified atom stereocenters. The number of carbonyl (C=O) groups is 1. The lowest BCUT2D eigenvalue weighted by molar-refractivity contribution is -0.138. The van der Waals surface area contributed by atoms with Gasteiger partial charge in [-0.3, -0.25) is 4.79 Å². The zero-order valence-corrected chi connectivity index (χ0v) is 13.3. The maximum absolute atomic E-state index is 12.7. The maximum Gasteiger partial charge on any atom is 0.229 e. The summed E-state index contributed by atoms with van der Waals surface area (Å²) in [6.45, 7) is 10.8. The third kappa shape index (κ3) is 3.53. The fraction of sp³-hybridized carbons (Fsp3) is 0.938. The molecule has 2 heterocycles. The van der Waals surface area contributed by atoms with E-state index in [2.05, 4.69) is 31.0 Å². The van der Waals surface area contributed by atoms with E-state index in [4.69, 9.17) is 4.74 Å². The minimum atomic E-state index is 0.0209. The highest BCUT2D eigenvalue weighted by atomic mass is 16.5. The van der Waals surface area contributed by atoms with Gasteiger partial charge in [0.25, 0.3) is 0 Å². The first-order valence-electron chi connectivity index (χ1n) is 8.19. The van der Waals surface area contributed by atoms with Gasteiger partial charge in [0, 0.05) is 19.1 Å². The quantitative estimate of drug-likeness (QED) is 0.839.